The van der Waals surface area contributed by atoms with Gasteiger partial charge in [0.15, 0.2) is 9.84 Å². The Bertz CT molecular complexity index is 537. The zero-order chi connectivity index (χ0) is 15.2. The first-order chi connectivity index (χ1) is 9.35. The minimum Gasteiger partial charge on any atom is -0.396 e. The Morgan fingerprint density at radius 2 is 1.90 bits per heavy atom. The fourth-order valence-corrected chi connectivity index (χ4v) is 2.66. The quantitative estimate of drug-likeness (QED) is 0.790. The van der Waals surface area contributed by atoms with Gasteiger partial charge in [0.05, 0.1) is 5.75 Å². The first-order valence-corrected chi connectivity index (χ1v) is 8.60. The van der Waals surface area contributed by atoms with E-state index in [0.29, 0.717) is 17.5 Å². The molecule has 0 saturated carbocycles. The van der Waals surface area contributed by atoms with Crippen molar-refractivity contribution in [3.05, 3.63) is 35.4 Å². The highest BCUT2D eigenvalue weighted by atomic mass is 32.2. The number of benzene rings is 1. The maximum absolute atomic E-state index is 12.0. The molecule has 2 N–H and O–H groups in total. The fraction of sp³-hybridized carbons (Fsp3) is 0.500. The number of aliphatic hydroxyl groups excluding tert-OH is 1. The Kier molecular flexibility index (Phi) is 6.16. The summed E-state index contributed by atoms with van der Waals surface area (Å²) in [7, 11) is -3.07. The van der Waals surface area contributed by atoms with Gasteiger partial charge in [0.1, 0.15) is 0 Å². The third kappa shape index (κ3) is 5.71. The van der Waals surface area contributed by atoms with Gasteiger partial charge < -0.3 is 10.4 Å². The highest BCUT2D eigenvalue weighted by molar-refractivity contribution is 7.89. The Morgan fingerprint density at radius 1 is 1.30 bits per heavy atom. The molecule has 0 fully saturated rings. The molecule has 1 unspecified atom stereocenters. The van der Waals surface area contributed by atoms with Crippen molar-refractivity contribution in [1.29, 1.82) is 0 Å². The van der Waals surface area contributed by atoms with Crippen molar-refractivity contribution in [3.63, 3.8) is 0 Å². The molecule has 0 aliphatic carbocycles. The van der Waals surface area contributed by atoms with Gasteiger partial charge in [0.25, 0.3) is 5.91 Å². The van der Waals surface area contributed by atoms with Gasteiger partial charge in [0.2, 0.25) is 0 Å². The third-order valence-electron chi connectivity index (χ3n) is 2.95. The number of sulfone groups is 1. The van der Waals surface area contributed by atoms with Gasteiger partial charge in [-0.05, 0) is 30.5 Å². The molecule has 1 rings (SSSR count). The van der Waals surface area contributed by atoms with Crippen LogP contribution in [-0.4, -0.2) is 38.3 Å². The van der Waals surface area contributed by atoms with Crippen LogP contribution >= 0.6 is 0 Å². The zero-order valence-electron chi connectivity index (χ0n) is 11.8. The third-order valence-corrected chi connectivity index (χ3v) is 3.81. The summed E-state index contributed by atoms with van der Waals surface area (Å²) in [6.45, 7) is 1.97. The van der Waals surface area contributed by atoms with Gasteiger partial charge in [-0.15, -0.1) is 0 Å². The first-order valence-electron chi connectivity index (χ1n) is 6.54. The summed E-state index contributed by atoms with van der Waals surface area (Å²) in [5, 5.41) is 11.7. The molecule has 0 heterocycles. The molecular formula is C14H21NO4S. The number of carbonyl (C=O) groups excluding carboxylic acids is 1. The average molecular weight is 299 g/mol. The number of rotatable bonds is 7. The molecule has 0 radical (unpaired) electrons. The minimum atomic E-state index is -3.07. The molecule has 0 saturated heterocycles. The summed E-state index contributed by atoms with van der Waals surface area (Å²) in [4.78, 5) is 12.0. The summed E-state index contributed by atoms with van der Waals surface area (Å²) >= 11 is 0. The summed E-state index contributed by atoms with van der Waals surface area (Å²) in [5.41, 5.74) is 1.14. The molecule has 20 heavy (non-hydrogen) atoms. The highest BCUT2D eigenvalue weighted by Crippen LogP contribution is 2.09. The first kappa shape index (κ1) is 16.7. The van der Waals surface area contributed by atoms with E-state index < -0.39 is 9.84 Å². The van der Waals surface area contributed by atoms with Gasteiger partial charge in [-0.2, -0.15) is 0 Å². The zero-order valence-corrected chi connectivity index (χ0v) is 12.6. The van der Waals surface area contributed by atoms with Crippen LogP contribution in [0.15, 0.2) is 24.3 Å². The number of amides is 1. The van der Waals surface area contributed by atoms with Crippen LogP contribution in [0.1, 0.15) is 35.7 Å². The summed E-state index contributed by atoms with van der Waals surface area (Å²) in [6, 6.07) is 6.46. The van der Waals surface area contributed by atoms with Crippen molar-refractivity contribution in [3.8, 4) is 0 Å². The highest BCUT2D eigenvalue weighted by Gasteiger charge is 2.12. The van der Waals surface area contributed by atoms with E-state index in [0.717, 1.165) is 6.42 Å². The average Bonchev–Trinajstić information content (AvgIpc) is 2.37. The second kappa shape index (κ2) is 7.40. The van der Waals surface area contributed by atoms with Crippen LogP contribution in [-0.2, 0) is 15.6 Å². The van der Waals surface area contributed by atoms with E-state index in [-0.39, 0.29) is 24.3 Å². The largest absolute Gasteiger partial charge is 0.396 e. The predicted octanol–water partition coefficient (Wildman–Crippen LogP) is 1.12. The second-order valence-corrected chi connectivity index (χ2v) is 7.00. The second-order valence-electron chi connectivity index (χ2n) is 4.86. The van der Waals surface area contributed by atoms with Crippen LogP contribution in [0.25, 0.3) is 0 Å². The van der Waals surface area contributed by atoms with Crippen molar-refractivity contribution in [1.82, 2.24) is 5.32 Å². The molecule has 0 aliphatic rings. The standard InChI is InChI=1S/C14H21NO4S/c1-3-13(8-9-16)15-14(17)12-6-4-11(5-7-12)10-20(2,18)19/h4-7,13,16H,3,8-10H2,1-2H3,(H,15,17). The van der Waals surface area contributed by atoms with E-state index in [1.54, 1.807) is 24.3 Å². The maximum atomic E-state index is 12.0. The summed E-state index contributed by atoms with van der Waals surface area (Å²) < 4.78 is 22.3. The maximum Gasteiger partial charge on any atom is 0.251 e. The van der Waals surface area contributed by atoms with Crippen LogP contribution in [0.2, 0.25) is 0 Å². The Labute approximate surface area is 119 Å². The van der Waals surface area contributed by atoms with E-state index in [4.69, 9.17) is 5.11 Å². The van der Waals surface area contributed by atoms with Crippen molar-refractivity contribution in [2.45, 2.75) is 31.6 Å². The van der Waals surface area contributed by atoms with Crippen LogP contribution in [0, 0.1) is 0 Å². The van der Waals surface area contributed by atoms with Crippen LogP contribution in [0.3, 0.4) is 0 Å². The lowest BCUT2D eigenvalue weighted by atomic mass is 10.1. The van der Waals surface area contributed by atoms with E-state index in [1.807, 2.05) is 6.92 Å². The topological polar surface area (TPSA) is 83.5 Å². The molecule has 1 aromatic rings. The molecular weight excluding hydrogens is 278 g/mol. The number of carbonyl (C=O) groups is 1. The number of hydrogen-bond acceptors (Lipinski definition) is 4. The molecule has 112 valence electrons. The van der Waals surface area contributed by atoms with Gasteiger partial charge in [-0.25, -0.2) is 8.42 Å². The van der Waals surface area contributed by atoms with Crippen molar-refractivity contribution in [2.75, 3.05) is 12.9 Å². The number of aliphatic hydroxyl groups is 1. The van der Waals surface area contributed by atoms with E-state index in [9.17, 15) is 13.2 Å². The minimum absolute atomic E-state index is 0.0308. The van der Waals surface area contributed by atoms with Crippen molar-refractivity contribution < 1.29 is 18.3 Å². The van der Waals surface area contributed by atoms with E-state index in [1.165, 1.54) is 6.26 Å². The Balaban J connectivity index is 2.70. The molecule has 5 nitrogen and oxygen atoms in total. The lowest BCUT2D eigenvalue weighted by Gasteiger charge is -2.15. The van der Waals surface area contributed by atoms with E-state index in [2.05, 4.69) is 5.32 Å². The lowest BCUT2D eigenvalue weighted by Crippen LogP contribution is -2.35. The molecule has 1 amide bonds. The SMILES string of the molecule is CCC(CCO)NC(=O)c1ccc(CS(C)(=O)=O)cc1. The van der Waals surface area contributed by atoms with Crippen LogP contribution < -0.4 is 5.32 Å². The van der Waals surface area contributed by atoms with Gasteiger partial charge in [-0.1, -0.05) is 19.1 Å². The van der Waals surface area contributed by atoms with Crippen LogP contribution in [0.5, 0.6) is 0 Å². The van der Waals surface area contributed by atoms with Crippen LogP contribution in [0.4, 0.5) is 0 Å². The summed E-state index contributed by atoms with van der Waals surface area (Å²) in [6.07, 6.45) is 2.45. The molecule has 0 aromatic heterocycles. The smallest absolute Gasteiger partial charge is 0.251 e. The monoisotopic (exact) mass is 299 g/mol. The van der Waals surface area contributed by atoms with Gasteiger partial charge >= 0.3 is 0 Å². The fourth-order valence-electron chi connectivity index (χ4n) is 1.86. The molecule has 6 heteroatoms. The van der Waals surface area contributed by atoms with Gasteiger partial charge in [0, 0.05) is 24.5 Å². The van der Waals surface area contributed by atoms with Crippen molar-refractivity contribution in [2.24, 2.45) is 0 Å². The molecule has 0 aliphatic heterocycles. The Morgan fingerprint density at radius 3 is 2.35 bits per heavy atom. The normalized spacial score (nSPS) is 12.9. The predicted molar refractivity (Wildman–Crippen MR) is 78.2 cm³/mol. The molecule has 1 aromatic carbocycles. The van der Waals surface area contributed by atoms with E-state index >= 15 is 0 Å². The number of nitrogens with one attached hydrogen (secondary N) is 1. The molecule has 1 atom stereocenters. The molecule has 0 spiro atoms. The molecule has 0 bridgehead atoms. The Hall–Kier alpha value is -1.40. The lowest BCUT2D eigenvalue weighted by molar-refractivity contribution is 0.0929. The summed E-state index contributed by atoms with van der Waals surface area (Å²) in [5.74, 6) is -0.243. The van der Waals surface area contributed by atoms with Gasteiger partial charge in [-0.3, -0.25) is 4.79 Å². The number of hydrogen-bond donors (Lipinski definition) is 2. The van der Waals surface area contributed by atoms with Crippen molar-refractivity contribution >= 4 is 15.7 Å².